The number of amides is 2. The summed E-state index contributed by atoms with van der Waals surface area (Å²) in [5.74, 6) is 1.24. The summed E-state index contributed by atoms with van der Waals surface area (Å²) in [4.78, 5) is 32.2. The van der Waals surface area contributed by atoms with E-state index in [-0.39, 0.29) is 42.1 Å². The number of ether oxygens (including phenoxy) is 1. The Kier molecular flexibility index (Phi) is 6.45. The zero-order valence-electron chi connectivity index (χ0n) is 21.2. The van der Waals surface area contributed by atoms with E-state index in [0.29, 0.717) is 11.6 Å². The number of oxazole rings is 1. The van der Waals surface area contributed by atoms with Crippen molar-refractivity contribution < 1.29 is 18.7 Å². The third kappa shape index (κ3) is 5.13. The van der Waals surface area contributed by atoms with Gasteiger partial charge in [-0.15, -0.1) is 0 Å². The monoisotopic (exact) mass is 499 g/mol. The predicted octanol–water partition coefficient (Wildman–Crippen LogP) is 5.12. The Balaban J connectivity index is 1.24. The van der Waals surface area contributed by atoms with E-state index in [1.54, 1.807) is 0 Å². The number of rotatable bonds is 7. The molecule has 0 spiro atoms. The second-order valence-electron chi connectivity index (χ2n) is 10.6. The van der Waals surface area contributed by atoms with Gasteiger partial charge in [0, 0.05) is 18.5 Å². The minimum atomic E-state index is -0.209. The lowest BCUT2D eigenvalue weighted by atomic mass is 9.86. The largest absolute Gasteiger partial charge is 0.484 e. The van der Waals surface area contributed by atoms with Crippen LogP contribution in [-0.2, 0) is 17.8 Å². The summed E-state index contributed by atoms with van der Waals surface area (Å²) in [6, 6.07) is 14.7. The van der Waals surface area contributed by atoms with Gasteiger partial charge in [0.2, 0.25) is 11.8 Å². The normalized spacial score (nSPS) is 19.5. The van der Waals surface area contributed by atoms with E-state index in [1.807, 2.05) is 6.07 Å². The van der Waals surface area contributed by atoms with Gasteiger partial charge in [0.05, 0.1) is 6.04 Å². The van der Waals surface area contributed by atoms with Crippen LogP contribution >= 0.6 is 0 Å². The molecule has 1 N–H and O–H groups in total. The zero-order valence-corrected chi connectivity index (χ0v) is 21.2. The predicted molar refractivity (Wildman–Crippen MR) is 138 cm³/mol. The number of aryl methyl sites for hydroxylation is 1. The number of carbonyl (C=O) groups is 2. The Morgan fingerprint density at radius 2 is 1.86 bits per heavy atom. The molecule has 2 aliphatic carbocycles. The molecule has 1 atom stereocenters. The molecule has 0 radical (unpaired) electrons. The summed E-state index contributed by atoms with van der Waals surface area (Å²) in [6.45, 7) is 2.92. The summed E-state index contributed by atoms with van der Waals surface area (Å²) in [5, 5.41) is 2.91. The fraction of sp³-hybridized carbons (Fsp3) is 0.433. The maximum Gasteiger partial charge on any atom is 0.273 e. The molecule has 2 saturated carbocycles. The fourth-order valence-electron chi connectivity index (χ4n) is 5.55. The molecule has 0 bridgehead atoms. The lowest BCUT2D eigenvalue weighted by molar-refractivity contribution is -0.137. The van der Waals surface area contributed by atoms with E-state index in [9.17, 15) is 9.59 Å². The quantitative estimate of drug-likeness (QED) is 0.488. The fourth-order valence-corrected chi connectivity index (χ4v) is 5.55. The van der Waals surface area contributed by atoms with E-state index in [1.165, 1.54) is 17.4 Å². The number of hydrogen-bond donors (Lipinski definition) is 1. The number of benzene rings is 2. The van der Waals surface area contributed by atoms with Crippen molar-refractivity contribution >= 4 is 11.8 Å². The Labute approximate surface area is 217 Å². The first-order valence-electron chi connectivity index (χ1n) is 13.4. The lowest BCUT2D eigenvalue weighted by Crippen LogP contribution is -2.43. The number of nitrogens with zero attached hydrogens (tertiary/aromatic N) is 2. The van der Waals surface area contributed by atoms with E-state index < -0.39 is 0 Å². The molecule has 2 heterocycles. The SMILES string of the molecule is Cc1ccc([C@@H]2c3cc(OCc4nc(C(=O)NC5CC5)co4)ccc3CCN2C(=O)C2CCCC2)cc1. The minimum Gasteiger partial charge on any atom is -0.484 e. The number of hydrogen-bond acceptors (Lipinski definition) is 5. The van der Waals surface area contributed by atoms with Crippen molar-refractivity contribution in [2.24, 2.45) is 5.92 Å². The first-order chi connectivity index (χ1) is 18.0. The van der Waals surface area contributed by atoms with Gasteiger partial charge >= 0.3 is 0 Å². The summed E-state index contributed by atoms with van der Waals surface area (Å²) in [5.41, 5.74) is 4.94. The second kappa shape index (κ2) is 10.0. The molecule has 1 aromatic heterocycles. The molecular formula is C30H33N3O4. The third-order valence-electron chi connectivity index (χ3n) is 7.79. The molecule has 7 heteroatoms. The van der Waals surface area contributed by atoms with Crippen LogP contribution in [0, 0.1) is 12.8 Å². The topological polar surface area (TPSA) is 84.7 Å². The van der Waals surface area contributed by atoms with Crippen molar-refractivity contribution in [3.05, 3.63) is 82.6 Å². The second-order valence-corrected chi connectivity index (χ2v) is 10.6. The minimum absolute atomic E-state index is 0.120. The lowest BCUT2D eigenvalue weighted by Gasteiger charge is -2.39. The zero-order chi connectivity index (χ0) is 25.4. The molecule has 37 heavy (non-hydrogen) atoms. The molecule has 192 valence electrons. The van der Waals surface area contributed by atoms with E-state index in [2.05, 4.69) is 58.5 Å². The molecule has 2 aromatic carbocycles. The third-order valence-corrected chi connectivity index (χ3v) is 7.79. The van der Waals surface area contributed by atoms with Crippen molar-refractivity contribution in [3.63, 3.8) is 0 Å². The van der Waals surface area contributed by atoms with Gasteiger partial charge in [0.25, 0.3) is 5.91 Å². The van der Waals surface area contributed by atoms with Crippen LogP contribution in [0.15, 0.2) is 53.1 Å². The molecule has 0 unspecified atom stereocenters. The molecule has 7 nitrogen and oxygen atoms in total. The van der Waals surface area contributed by atoms with Gasteiger partial charge in [-0.3, -0.25) is 9.59 Å². The van der Waals surface area contributed by atoms with Gasteiger partial charge in [-0.2, -0.15) is 0 Å². The van der Waals surface area contributed by atoms with Crippen LogP contribution in [0.5, 0.6) is 5.75 Å². The van der Waals surface area contributed by atoms with E-state index in [4.69, 9.17) is 9.15 Å². The van der Waals surface area contributed by atoms with Gasteiger partial charge in [0.15, 0.2) is 12.3 Å². The summed E-state index contributed by atoms with van der Waals surface area (Å²) >= 11 is 0. The highest BCUT2D eigenvalue weighted by atomic mass is 16.5. The molecule has 3 aliphatic rings. The van der Waals surface area contributed by atoms with Gasteiger partial charge in [0.1, 0.15) is 12.0 Å². The van der Waals surface area contributed by atoms with E-state index in [0.717, 1.165) is 62.6 Å². The first kappa shape index (κ1) is 23.8. The molecule has 2 amide bonds. The maximum atomic E-state index is 13.6. The highest BCUT2D eigenvalue weighted by Gasteiger charge is 2.36. The average molecular weight is 500 g/mol. The van der Waals surface area contributed by atoms with Crippen LogP contribution in [0.4, 0.5) is 0 Å². The van der Waals surface area contributed by atoms with Crippen LogP contribution < -0.4 is 10.1 Å². The van der Waals surface area contributed by atoms with Crippen LogP contribution in [-0.4, -0.2) is 34.3 Å². The molecular weight excluding hydrogens is 466 g/mol. The summed E-state index contributed by atoms with van der Waals surface area (Å²) in [7, 11) is 0. The number of carbonyl (C=O) groups excluding carboxylic acids is 2. The van der Waals surface area contributed by atoms with Crippen LogP contribution in [0.3, 0.4) is 0 Å². The van der Waals surface area contributed by atoms with Crippen LogP contribution in [0.2, 0.25) is 0 Å². The molecule has 1 aliphatic heterocycles. The van der Waals surface area contributed by atoms with Crippen molar-refractivity contribution in [2.45, 2.75) is 70.6 Å². The van der Waals surface area contributed by atoms with Gasteiger partial charge in [-0.1, -0.05) is 48.7 Å². The Morgan fingerprint density at radius 1 is 1.08 bits per heavy atom. The van der Waals surface area contributed by atoms with Crippen molar-refractivity contribution in [3.8, 4) is 5.75 Å². The van der Waals surface area contributed by atoms with Crippen LogP contribution in [0.25, 0.3) is 0 Å². The molecule has 0 saturated heterocycles. The highest BCUT2D eigenvalue weighted by Crippen LogP contribution is 2.40. The standard InChI is InChI=1S/C30H33N3O4/c1-19-6-8-21(9-7-19)28-25-16-24(36-18-27-32-26(17-37-27)29(34)31-23-11-12-23)13-10-20(25)14-15-33(28)30(35)22-4-2-3-5-22/h6-10,13,16-17,22-23,28H,2-5,11-12,14-15,18H2,1H3,(H,31,34)/t28-/m1/s1. The summed E-state index contributed by atoms with van der Waals surface area (Å²) in [6.07, 6.45) is 8.50. The first-order valence-corrected chi connectivity index (χ1v) is 13.4. The molecule has 2 fully saturated rings. The van der Waals surface area contributed by atoms with Crippen molar-refractivity contribution in [1.82, 2.24) is 15.2 Å². The number of fused-ring (bicyclic) bond motifs is 1. The summed E-state index contributed by atoms with van der Waals surface area (Å²) < 4.78 is 11.5. The number of nitrogens with one attached hydrogen (secondary N) is 1. The number of aromatic nitrogens is 1. The smallest absolute Gasteiger partial charge is 0.273 e. The van der Waals surface area contributed by atoms with Crippen molar-refractivity contribution in [1.29, 1.82) is 0 Å². The van der Waals surface area contributed by atoms with Crippen LogP contribution in [0.1, 0.15) is 83.2 Å². The van der Waals surface area contributed by atoms with E-state index >= 15 is 0 Å². The Bertz CT molecular complexity index is 1290. The molecule has 3 aromatic rings. The Hall–Kier alpha value is -3.61. The van der Waals surface area contributed by atoms with Crippen molar-refractivity contribution in [2.75, 3.05) is 6.54 Å². The average Bonchev–Trinajstić information content (AvgIpc) is 3.35. The highest BCUT2D eigenvalue weighted by molar-refractivity contribution is 5.92. The van der Waals surface area contributed by atoms with Gasteiger partial charge in [-0.05, 0) is 67.9 Å². The van der Waals surface area contributed by atoms with Gasteiger partial charge in [-0.25, -0.2) is 4.98 Å². The maximum absolute atomic E-state index is 13.6. The van der Waals surface area contributed by atoms with Gasteiger partial charge < -0.3 is 19.4 Å². The molecule has 6 rings (SSSR count). The Morgan fingerprint density at radius 3 is 2.62 bits per heavy atom.